The van der Waals surface area contributed by atoms with E-state index in [1.807, 2.05) is 0 Å². The predicted molar refractivity (Wildman–Crippen MR) is 61.0 cm³/mol. The highest BCUT2D eigenvalue weighted by molar-refractivity contribution is 5.94. The lowest BCUT2D eigenvalue weighted by Gasteiger charge is -2.23. The van der Waals surface area contributed by atoms with E-state index in [1.54, 1.807) is 13.8 Å². The first-order valence-electron chi connectivity index (χ1n) is 5.15. The van der Waals surface area contributed by atoms with E-state index < -0.39 is 23.3 Å². The second-order valence-electron chi connectivity index (χ2n) is 4.45. The van der Waals surface area contributed by atoms with Crippen LogP contribution in [-0.2, 0) is 4.79 Å². The van der Waals surface area contributed by atoms with E-state index in [4.69, 9.17) is 15.3 Å². The number of carboxylic acids is 1. The van der Waals surface area contributed by atoms with E-state index in [0.29, 0.717) is 0 Å². The Hall–Kier alpha value is -2.31. The molecular formula is C11H14N2O5. The molecule has 0 saturated heterocycles. The molecule has 0 aliphatic rings. The van der Waals surface area contributed by atoms with Gasteiger partial charge in [-0.3, -0.25) is 9.59 Å². The SMILES string of the molecule is CC(C)(CC(N)=O)NC(=O)c1ccc(C(=O)O)o1. The molecule has 1 heterocycles. The van der Waals surface area contributed by atoms with Crippen molar-refractivity contribution in [3.63, 3.8) is 0 Å². The normalized spacial score (nSPS) is 11.0. The number of aromatic carboxylic acids is 1. The van der Waals surface area contributed by atoms with Crippen LogP contribution < -0.4 is 11.1 Å². The predicted octanol–water partition coefficient (Wildman–Crippen LogP) is 0.362. The van der Waals surface area contributed by atoms with Gasteiger partial charge in [0.15, 0.2) is 5.76 Å². The molecule has 0 aliphatic carbocycles. The number of hydrogen-bond acceptors (Lipinski definition) is 4. The Morgan fingerprint density at radius 1 is 1.33 bits per heavy atom. The summed E-state index contributed by atoms with van der Waals surface area (Å²) < 4.78 is 4.83. The van der Waals surface area contributed by atoms with E-state index in [9.17, 15) is 14.4 Å². The van der Waals surface area contributed by atoms with Crippen molar-refractivity contribution in [1.29, 1.82) is 0 Å². The van der Waals surface area contributed by atoms with Gasteiger partial charge in [0.25, 0.3) is 5.91 Å². The highest BCUT2D eigenvalue weighted by Gasteiger charge is 2.25. The van der Waals surface area contributed by atoms with Crippen molar-refractivity contribution in [1.82, 2.24) is 5.32 Å². The second kappa shape index (κ2) is 4.91. The fraction of sp³-hybridized carbons (Fsp3) is 0.364. The smallest absolute Gasteiger partial charge is 0.371 e. The number of hydrogen-bond donors (Lipinski definition) is 3. The van der Waals surface area contributed by atoms with Gasteiger partial charge >= 0.3 is 5.97 Å². The van der Waals surface area contributed by atoms with Crippen LogP contribution in [0.25, 0.3) is 0 Å². The molecule has 1 aromatic heterocycles. The summed E-state index contributed by atoms with van der Waals surface area (Å²) in [5, 5.41) is 11.2. The Morgan fingerprint density at radius 3 is 2.33 bits per heavy atom. The van der Waals surface area contributed by atoms with Gasteiger partial charge < -0.3 is 20.6 Å². The van der Waals surface area contributed by atoms with Crippen LogP contribution in [0.15, 0.2) is 16.5 Å². The van der Waals surface area contributed by atoms with Gasteiger partial charge in [0.2, 0.25) is 11.7 Å². The average Bonchev–Trinajstić information content (AvgIpc) is 2.62. The molecule has 0 aromatic carbocycles. The lowest BCUT2D eigenvalue weighted by Crippen LogP contribution is -2.45. The van der Waals surface area contributed by atoms with Gasteiger partial charge in [-0.1, -0.05) is 0 Å². The van der Waals surface area contributed by atoms with Crippen LogP contribution in [0.4, 0.5) is 0 Å². The lowest BCUT2D eigenvalue weighted by atomic mass is 10.0. The minimum atomic E-state index is -1.26. The monoisotopic (exact) mass is 254 g/mol. The average molecular weight is 254 g/mol. The standard InChI is InChI=1S/C11H14N2O5/c1-11(2,5-8(12)14)13-9(15)6-3-4-7(18-6)10(16)17/h3-4H,5H2,1-2H3,(H2,12,14)(H,13,15)(H,16,17). The van der Waals surface area contributed by atoms with Crippen LogP contribution in [0.3, 0.4) is 0 Å². The Morgan fingerprint density at radius 2 is 1.89 bits per heavy atom. The van der Waals surface area contributed by atoms with Crippen LogP contribution in [0.5, 0.6) is 0 Å². The molecule has 7 heteroatoms. The van der Waals surface area contributed by atoms with Crippen molar-refractivity contribution in [3.8, 4) is 0 Å². The number of primary amides is 1. The molecule has 0 fully saturated rings. The molecule has 7 nitrogen and oxygen atoms in total. The fourth-order valence-corrected chi connectivity index (χ4v) is 1.42. The second-order valence-corrected chi connectivity index (χ2v) is 4.45. The maximum absolute atomic E-state index is 11.7. The first-order chi connectivity index (χ1) is 8.21. The summed E-state index contributed by atoms with van der Waals surface area (Å²) in [6, 6.07) is 2.43. The van der Waals surface area contributed by atoms with E-state index in [-0.39, 0.29) is 17.9 Å². The van der Waals surface area contributed by atoms with Crippen LogP contribution in [0, 0.1) is 0 Å². The molecule has 0 saturated carbocycles. The van der Waals surface area contributed by atoms with Gasteiger partial charge in [-0.15, -0.1) is 0 Å². The third kappa shape index (κ3) is 3.62. The van der Waals surface area contributed by atoms with Crippen molar-refractivity contribution in [2.24, 2.45) is 5.73 Å². The maximum atomic E-state index is 11.7. The number of carboxylic acid groups (broad SMARTS) is 1. The summed E-state index contributed by atoms with van der Waals surface area (Å²) in [4.78, 5) is 33.1. The number of nitrogens with two attached hydrogens (primary N) is 1. The first-order valence-corrected chi connectivity index (χ1v) is 5.15. The molecule has 1 aromatic rings. The first kappa shape index (κ1) is 13.8. The van der Waals surface area contributed by atoms with Crippen molar-refractivity contribution >= 4 is 17.8 Å². The summed E-state index contributed by atoms with van der Waals surface area (Å²) >= 11 is 0. The van der Waals surface area contributed by atoms with Crippen molar-refractivity contribution in [2.75, 3.05) is 0 Å². The summed E-state index contributed by atoms with van der Waals surface area (Å²) in [6.07, 6.45) is -0.0365. The topological polar surface area (TPSA) is 123 Å². The summed E-state index contributed by atoms with van der Waals surface area (Å²) in [6.45, 7) is 3.24. The van der Waals surface area contributed by atoms with Crippen molar-refractivity contribution < 1.29 is 23.9 Å². The Balaban J connectivity index is 2.75. The fourth-order valence-electron chi connectivity index (χ4n) is 1.42. The number of carbonyl (C=O) groups excluding carboxylic acids is 2. The Bertz CT molecular complexity index is 489. The zero-order chi connectivity index (χ0) is 13.9. The van der Waals surface area contributed by atoms with Gasteiger partial charge in [0.05, 0.1) is 0 Å². The Kier molecular flexibility index (Phi) is 3.75. The molecule has 0 unspecified atom stereocenters. The van der Waals surface area contributed by atoms with Crippen LogP contribution >= 0.6 is 0 Å². The highest BCUT2D eigenvalue weighted by Crippen LogP contribution is 2.12. The van der Waals surface area contributed by atoms with E-state index in [0.717, 1.165) is 0 Å². The molecular weight excluding hydrogens is 240 g/mol. The molecule has 0 aliphatic heterocycles. The third-order valence-corrected chi connectivity index (χ3v) is 2.11. The van der Waals surface area contributed by atoms with Crippen LogP contribution in [0.1, 0.15) is 41.4 Å². The highest BCUT2D eigenvalue weighted by atomic mass is 16.4. The van der Waals surface area contributed by atoms with Crippen LogP contribution in [0.2, 0.25) is 0 Å². The van der Waals surface area contributed by atoms with E-state index in [1.165, 1.54) is 12.1 Å². The van der Waals surface area contributed by atoms with E-state index >= 15 is 0 Å². The zero-order valence-corrected chi connectivity index (χ0v) is 10.0. The number of nitrogens with one attached hydrogen (secondary N) is 1. The molecule has 18 heavy (non-hydrogen) atoms. The van der Waals surface area contributed by atoms with Gasteiger partial charge in [0, 0.05) is 12.0 Å². The van der Waals surface area contributed by atoms with Crippen molar-refractivity contribution in [2.45, 2.75) is 25.8 Å². The molecule has 0 atom stereocenters. The maximum Gasteiger partial charge on any atom is 0.371 e. The zero-order valence-electron chi connectivity index (χ0n) is 10.0. The minimum Gasteiger partial charge on any atom is -0.475 e. The number of rotatable bonds is 5. The molecule has 1 rings (SSSR count). The van der Waals surface area contributed by atoms with E-state index in [2.05, 4.69) is 5.32 Å². The molecule has 2 amide bonds. The van der Waals surface area contributed by atoms with Gasteiger partial charge in [0.1, 0.15) is 0 Å². The summed E-state index contributed by atoms with van der Waals surface area (Å²) in [5.41, 5.74) is 4.21. The largest absolute Gasteiger partial charge is 0.475 e. The van der Waals surface area contributed by atoms with Crippen molar-refractivity contribution in [3.05, 3.63) is 23.7 Å². The lowest BCUT2D eigenvalue weighted by molar-refractivity contribution is -0.119. The molecule has 98 valence electrons. The molecule has 0 spiro atoms. The molecule has 4 N–H and O–H groups in total. The molecule has 0 bridgehead atoms. The number of carbonyl (C=O) groups is 3. The summed E-state index contributed by atoms with van der Waals surface area (Å²) in [7, 11) is 0. The quantitative estimate of drug-likeness (QED) is 0.700. The minimum absolute atomic E-state index is 0.0365. The Labute approximate surface area is 103 Å². The van der Waals surface area contributed by atoms with Crippen LogP contribution in [-0.4, -0.2) is 28.4 Å². The van der Waals surface area contributed by atoms with Gasteiger partial charge in [-0.25, -0.2) is 4.79 Å². The third-order valence-electron chi connectivity index (χ3n) is 2.11. The van der Waals surface area contributed by atoms with Gasteiger partial charge in [-0.2, -0.15) is 0 Å². The summed E-state index contributed by atoms with van der Waals surface area (Å²) in [5.74, 6) is -2.87. The number of amides is 2. The number of furan rings is 1. The molecule has 0 radical (unpaired) electrons. The van der Waals surface area contributed by atoms with Gasteiger partial charge in [-0.05, 0) is 26.0 Å².